The van der Waals surface area contributed by atoms with E-state index >= 15 is 0 Å². The number of rotatable bonds is 11. The molecule has 0 atom stereocenters. The Kier molecular flexibility index (Phi) is 39.7. The molecular formula is C92H104O2. The van der Waals surface area contributed by atoms with Gasteiger partial charge in [0.1, 0.15) is 0 Å². The van der Waals surface area contributed by atoms with Crippen molar-refractivity contribution >= 4 is 39.4 Å². The van der Waals surface area contributed by atoms with Crippen LogP contribution in [0, 0.1) is 55.4 Å². The van der Waals surface area contributed by atoms with E-state index in [9.17, 15) is 9.59 Å². The SMILES string of the molecule is C=C(C(=O)/C(=C(\c1cc(C)cc(C)c1)c1cccc(-c2cc(C)cc(C)c2)c1)c1ccccc1)c1ccccc1.C=C(C(=O)C(=C)c1ccccc1)c1ccccc1.CC.CC.CC.CC.Cc1ccccc1.Cc1ccccc1.Cc1ccccc1.Cc1ccccc1. The fourth-order valence-electron chi connectivity index (χ4n) is 9.35. The predicted octanol–water partition coefficient (Wildman–Crippen LogP) is 25.9. The minimum Gasteiger partial charge on any atom is -0.289 e. The van der Waals surface area contributed by atoms with Crippen LogP contribution in [0.3, 0.4) is 0 Å². The van der Waals surface area contributed by atoms with Crippen LogP contribution in [-0.2, 0) is 9.59 Å². The highest BCUT2D eigenvalue weighted by Crippen LogP contribution is 2.38. The first-order chi connectivity index (χ1) is 45.6. The standard InChI is InChI=1S/C39H34O.C17H14O.4C7H8.4C2H6/c1-26-19-27(2)22-35(21-26)33-17-12-18-34(25-33)37(36-23-28(3)20-29(4)24-36)38(32-15-10-7-11-16-32)39(40)30(5)31-13-8-6-9-14-31;1-13(15-9-5-3-6-10-15)17(18)14(2)16-11-7-4-8-12-16;4*1-7-5-3-2-4-6-7;4*1-2/h6-25H,5H2,1-4H3;3-12H,1-2H2;4*2-6H,1H3;4*1-2H3/b38-37-;;;;;;;;;. The Balaban J connectivity index is 0.000000453. The van der Waals surface area contributed by atoms with Crippen LogP contribution in [0.2, 0.25) is 0 Å². The second-order valence-corrected chi connectivity index (χ2v) is 21.3. The molecule has 0 heterocycles. The quantitative estimate of drug-likeness (QED) is 0.0955. The summed E-state index contributed by atoms with van der Waals surface area (Å²) < 4.78 is 0. The lowest BCUT2D eigenvalue weighted by Crippen LogP contribution is -2.08. The molecule has 0 aliphatic heterocycles. The number of carbonyl (C=O) groups is 2. The molecule has 0 spiro atoms. The normalized spacial score (nSPS) is 9.66. The lowest BCUT2D eigenvalue weighted by Gasteiger charge is -2.19. The maximum atomic E-state index is 14.5. The van der Waals surface area contributed by atoms with E-state index in [-0.39, 0.29) is 11.6 Å². The van der Waals surface area contributed by atoms with Crippen LogP contribution >= 0.6 is 0 Å². The van der Waals surface area contributed by atoms with Gasteiger partial charge in [-0.1, -0.05) is 417 Å². The van der Waals surface area contributed by atoms with Crippen LogP contribution in [0.5, 0.6) is 0 Å². The summed E-state index contributed by atoms with van der Waals surface area (Å²) in [6.45, 7) is 44.8. The number of aryl methyl sites for hydroxylation is 8. The first-order valence-corrected chi connectivity index (χ1v) is 33.0. The van der Waals surface area contributed by atoms with Crippen molar-refractivity contribution < 1.29 is 9.59 Å². The van der Waals surface area contributed by atoms with Crippen LogP contribution in [0.15, 0.2) is 323 Å². The molecule has 0 aliphatic carbocycles. The van der Waals surface area contributed by atoms with Gasteiger partial charge in [-0.25, -0.2) is 0 Å². The van der Waals surface area contributed by atoms with Gasteiger partial charge in [0, 0.05) is 27.9 Å². The summed E-state index contributed by atoms with van der Waals surface area (Å²) in [5.74, 6) is -0.198. The van der Waals surface area contributed by atoms with E-state index in [4.69, 9.17) is 0 Å². The molecule has 2 nitrogen and oxygen atoms in total. The summed E-state index contributed by atoms with van der Waals surface area (Å²) >= 11 is 0. The van der Waals surface area contributed by atoms with Gasteiger partial charge in [0.05, 0.1) is 0 Å². The molecule has 2 heteroatoms. The lowest BCUT2D eigenvalue weighted by atomic mass is 9.83. The van der Waals surface area contributed by atoms with Gasteiger partial charge in [0.2, 0.25) is 0 Å². The fraction of sp³-hybridized carbons (Fsp3) is 0.174. The van der Waals surface area contributed by atoms with Crippen molar-refractivity contribution in [2.24, 2.45) is 0 Å². The third-order valence-corrected chi connectivity index (χ3v) is 13.7. The van der Waals surface area contributed by atoms with Gasteiger partial charge in [-0.15, -0.1) is 0 Å². The molecule has 0 saturated heterocycles. The molecule has 0 amide bonds. The Morgan fingerprint density at radius 2 is 0.457 bits per heavy atom. The van der Waals surface area contributed by atoms with E-state index in [2.05, 4.69) is 184 Å². The number of ketones is 2. The Morgan fingerprint density at radius 1 is 0.213 bits per heavy atom. The molecule has 11 aromatic carbocycles. The first kappa shape index (κ1) is 79.8. The van der Waals surface area contributed by atoms with Gasteiger partial charge in [-0.05, 0) is 106 Å². The zero-order chi connectivity index (χ0) is 69.6. The summed E-state index contributed by atoms with van der Waals surface area (Å²) in [6.07, 6.45) is 0. The molecule has 11 aromatic rings. The van der Waals surface area contributed by atoms with Gasteiger partial charge < -0.3 is 0 Å². The molecule has 0 N–H and O–H groups in total. The third-order valence-electron chi connectivity index (χ3n) is 13.7. The lowest BCUT2D eigenvalue weighted by molar-refractivity contribution is -0.109. The molecular weight excluding hydrogens is 1140 g/mol. The Labute approximate surface area is 568 Å². The minimum absolute atomic E-state index is 0.0802. The zero-order valence-corrected chi connectivity index (χ0v) is 59.3. The number of Topliss-reactive ketones (excluding diaryl/α,β-unsaturated/α-hetero) is 2. The average molecular weight is 1240 g/mol. The second-order valence-electron chi connectivity index (χ2n) is 21.3. The van der Waals surface area contributed by atoms with Crippen LogP contribution in [-0.4, -0.2) is 11.6 Å². The summed E-state index contributed by atoms with van der Waals surface area (Å²) in [6, 6.07) is 101. The van der Waals surface area contributed by atoms with Gasteiger partial charge in [0.15, 0.2) is 11.6 Å². The highest BCUT2D eigenvalue weighted by molar-refractivity contribution is 6.46. The summed E-state index contributed by atoms with van der Waals surface area (Å²) in [4.78, 5) is 26.7. The van der Waals surface area contributed by atoms with E-state index < -0.39 is 0 Å². The zero-order valence-electron chi connectivity index (χ0n) is 59.3. The van der Waals surface area contributed by atoms with Crippen LogP contribution in [0.4, 0.5) is 0 Å². The minimum atomic E-state index is -0.118. The largest absolute Gasteiger partial charge is 0.289 e. The van der Waals surface area contributed by atoms with Crippen molar-refractivity contribution in [3.63, 3.8) is 0 Å². The van der Waals surface area contributed by atoms with Gasteiger partial charge >= 0.3 is 0 Å². The smallest absolute Gasteiger partial charge is 0.194 e. The summed E-state index contributed by atoms with van der Waals surface area (Å²) in [5.41, 5.74) is 20.7. The molecule has 0 saturated carbocycles. The first-order valence-electron chi connectivity index (χ1n) is 33.0. The Hall–Kier alpha value is -10.3. The van der Waals surface area contributed by atoms with Crippen molar-refractivity contribution in [2.75, 3.05) is 0 Å². The van der Waals surface area contributed by atoms with Gasteiger partial charge in [-0.2, -0.15) is 0 Å². The van der Waals surface area contributed by atoms with Gasteiger partial charge in [-0.3, -0.25) is 9.59 Å². The van der Waals surface area contributed by atoms with Crippen molar-refractivity contribution in [1.82, 2.24) is 0 Å². The van der Waals surface area contributed by atoms with Crippen LogP contribution < -0.4 is 0 Å². The highest BCUT2D eigenvalue weighted by Gasteiger charge is 2.24. The molecule has 484 valence electrons. The Morgan fingerprint density at radius 3 is 0.734 bits per heavy atom. The number of benzene rings is 11. The monoisotopic (exact) mass is 1240 g/mol. The number of hydrogen-bond donors (Lipinski definition) is 0. The molecule has 0 bridgehead atoms. The van der Waals surface area contributed by atoms with E-state index in [0.29, 0.717) is 22.3 Å². The number of carbonyl (C=O) groups excluding carboxylic acids is 2. The maximum absolute atomic E-state index is 14.5. The van der Waals surface area contributed by atoms with Crippen molar-refractivity contribution in [3.8, 4) is 11.1 Å². The number of hydrogen-bond acceptors (Lipinski definition) is 2. The summed E-state index contributed by atoms with van der Waals surface area (Å²) in [5, 5.41) is 0. The molecule has 11 rings (SSSR count). The fourth-order valence-corrected chi connectivity index (χ4v) is 9.35. The van der Waals surface area contributed by atoms with E-state index in [1.807, 2.05) is 250 Å². The maximum Gasteiger partial charge on any atom is 0.194 e. The van der Waals surface area contributed by atoms with Crippen LogP contribution in [0.25, 0.3) is 39.0 Å². The molecule has 0 aromatic heterocycles. The second kappa shape index (κ2) is 46.7. The van der Waals surface area contributed by atoms with Crippen molar-refractivity contribution in [1.29, 1.82) is 0 Å². The Bertz CT molecular complexity index is 3680. The average Bonchev–Trinajstić information content (AvgIpc) is 0.783. The molecule has 0 aliphatic rings. The van der Waals surface area contributed by atoms with Crippen LogP contribution in [0.1, 0.15) is 133 Å². The molecule has 0 radical (unpaired) electrons. The van der Waals surface area contributed by atoms with Gasteiger partial charge in [0.25, 0.3) is 0 Å². The molecule has 0 fully saturated rings. The van der Waals surface area contributed by atoms with Crippen molar-refractivity contribution in [2.45, 2.75) is 111 Å². The highest BCUT2D eigenvalue weighted by atomic mass is 16.1. The topological polar surface area (TPSA) is 34.1 Å². The predicted molar refractivity (Wildman–Crippen MR) is 416 cm³/mol. The third kappa shape index (κ3) is 28.9. The molecule has 0 unspecified atom stereocenters. The van der Waals surface area contributed by atoms with E-state index in [1.165, 1.54) is 38.9 Å². The van der Waals surface area contributed by atoms with E-state index in [1.54, 1.807) is 0 Å². The van der Waals surface area contributed by atoms with Crippen molar-refractivity contribution in [3.05, 3.63) is 401 Å². The van der Waals surface area contributed by atoms with E-state index in [0.717, 1.165) is 55.6 Å². The molecule has 94 heavy (non-hydrogen) atoms. The number of allylic oxidation sites excluding steroid dienone is 4. The summed E-state index contributed by atoms with van der Waals surface area (Å²) in [7, 11) is 0.